The van der Waals surface area contributed by atoms with Gasteiger partial charge in [0.15, 0.2) is 17.4 Å². The summed E-state index contributed by atoms with van der Waals surface area (Å²) >= 11 is 3.38. The number of benzene rings is 2. The lowest BCUT2D eigenvalue weighted by atomic mass is 10.1. The molecule has 3 nitrogen and oxygen atoms in total. The van der Waals surface area contributed by atoms with E-state index in [1.54, 1.807) is 13.0 Å². The third-order valence-electron chi connectivity index (χ3n) is 3.69. The maximum atomic E-state index is 13.4. The molecule has 0 atom stereocenters. The number of furan rings is 1. The number of hydrogen-bond donors (Lipinski definition) is 0. The number of carbonyl (C=O) groups excluding carboxylic acids is 1. The minimum absolute atomic E-state index is 0.172. The van der Waals surface area contributed by atoms with E-state index in [1.807, 2.05) is 12.1 Å². The van der Waals surface area contributed by atoms with Crippen molar-refractivity contribution in [1.82, 2.24) is 0 Å². The second kappa shape index (κ2) is 5.77. The van der Waals surface area contributed by atoms with E-state index in [-0.39, 0.29) is 11.4 Å². The fourth-order valence-electron chi connectivity index (χ4n) is 2.36. The molecule has 0 aliphatic heterocycles. The van der Waals surface area contributed by atoms with Gasteiger partial charge in [-0.1, -0.05) is 15.9 Å². The van der Waals surface area contributed by atoms with E-state index in [9.17, 15) is 13.6 Å². The smallest absolute Gasteiger partial charge is 0.294 e. The Balaban J connectivity index is 2.02. The number of nitrogens with zero attached hydrogens (tertiary/aromatic N) is 1. The average molecular weight is 380 g/mol. The molecule has 6 heteroatoms. The number of rotatable bonds is 2. The number of halogens is 3. The average Bonchev–Trinajstić information content (AvgIpc) is 2.85. The SMILES string of the molecule is Cc1c(C(=O)N(C)c2ccc(F)c(F)c2)oc2ccc(Br)cc12. The molecule has 0 bridgehead atoms. The second-order valence-electron chi connectivity index (χ2n) is 5.16. The van der Waals surface area contributed by atoms with Crippen LogP contribution in [0.5, 0.6) is 0 Å². The minimum Gasteiger partial charge on any atom is -0.451 e. The summed E-state index contributed by atoms with van der Waals surface area (Å²) < 4.78 is 32.9. The predicted octanol–water partition coefficient (Wildman–Crippen LogP) is 5.06. The standard InChI is InChI=1S/C17H12BrF2NO2/c1-9-12-7-10(18)3-6-15(12)23-16(9)17(22)21(2)11-4-5-13(19)14(20)8-11/h3-8H,1-2H3. The summed E-state index contributed by atoms with van der Waals surface area (Å²) in [7, 11) is 1.48. The molecule has 0 aliphatic carbocycles. The van der Waals surface area contributed by atoms with Crippen molar-refractivity contribution in [1.29, 1.82) is 0 Å². The largest absolute Gasteiger partial charge is 0.451 e. The molecule has 118 valence electrons. The summed E-state index contributed by atoms with van der Waals surface area (Å²) in [5.74, 6) is -2.22. The van der Waals surface area contributed by atoms with Crippen molar-refractivity contribution < 1.29 is 18.0 Å². The van der Waals surface area contributed by atoms with E-state index in [0.29, 0.717) is 11.1 Å². The van der Waals surface area contributed by atoms with Crippen LogP contribution in [0.3, 0.4) is 0 Å². The van der Waals surface area contributed by atoms with Crippen molar-refractivity contribution in [3.05, 3.63) is 63.8 Å². The van der Waals surface area contributed by atoms with Gasteiger partial charge in [-0.3, -0.25) is 4.79 Å². The van der Waals surface area contributed by atoms with Crippen LogP contribution in [0.15, 0.2) is 45.3 Å². The molecule has 0 spiro atoms. The lowest BCUT2D eigenvalue weighted by Crippen LogP contribution is -2.26. The summed E-state index contributed by atoms with van der Waals surface area (Å²) in [5.41, 5.74) is 1.53. The summed E-state index contributed by atoms with van der Waals surface area (Å²) in [6, 6.07) is 8.74. The zero-order valence-corrected chi connectivity index (χ0v) is 13.9. The third kappa shape index (κ3) is 2.74. The summed E-state index contributed by atoms with van der Waals surface area (Å²) in [6.45, 7) is 1.78. The Morgan fingerprint density at radius 1 is 1.13 bits per heavy atom. The Morgan fingerprint density at radius 3 is 2.57 bits per heavy atom. The Labute approximate surface area is 139 Å². The molecule has 1 heterocycles. The monoisotopic (exact) mass is 379 g/mol. The quantitative estimate of drug-likeness (QED) is 0.623. The van der Waals surface area contributed by atoms with Gasteiger partial charge in [-0.15, -0.1) is 0 Å². The molecule has 0 saturated carbocycles. The predicted molar refractivity (Wildman–Crippen MR) is 87.7 cm³/mol. The normalized spacial score (nSPS) is 11.0. The Morgan fingerprint density at radius 2 is 1.87 bits per heavy atom. The zero-order chi connectivity index (χ0) is 16.7. The Kier molecular flexibility index (Phi) is 3.93. The fourth-order valence-corrected chi connectivity index (χ4v) is 2.72. The second-order valence-corrected chi connectivity index (χ2v) is 6.07. The number of anilines is 1. The first-order chi connectivity index (χ1) is 10.9. The van der Waals surface area contributed by atoms with E-state index in [4.69, 9.17) is 4.42 Å². The van der Waals surface area contributed by atoms with Crippen molar-refractivity contribution in [3.63, 3.8) is 0 Å². The van der Waals surface area contributed by atoms with Gasteiger partial charge < -0.3 is 9.32 Å². The third-order valence-corrected chi connectivity index (χ3v) is 4.18. The van der Waals surface area contributed by atoms with Gasteiger partial charge in [-0.05, 0) is 37.3 Å². The molecule has 0 aliphatic rings. The highest BCUT2D eigenvalue weighted by molar-refractivity contribution is 9.10. The number of carbonyl (C=O) groups is 1. The lowest BCUT2D eigenvalue weighted by molar-refractivity contribution is 0.0967. The van der Waals surface area contributed by atoms with Crippen molar-refractivity contribution in [2.45, 2.75) is 6.92 Å². The number of amides is 1. The van der Waals surface area contributed by atoms with Gasteiger partial charge in [0, 0.05) is 34.2 Å². The molecule has 0 radical (unpaired) electrons. The zero-order valence-electron chi connectivity index (χ0n) is 12.4. The highest BCUT2D eigenvalue weighted by atomic mass is 79.9. The van der Waals surface area contributed by atoms with Crippen LogP contribution in [0, 0.1) is 18.6 Å². The van der Waals surface area contributed by atoms with E-state index in [0.717, 1.165) is 22.0 Å². The molecule has 0 unspecified atom stereocenters. The van der Waals surface area contributed by atoms with Gasteiger partial charge in [0.25, 0.3) is 5.91 Å². The van der Waals surface area contributed by atoms with Crippen LogP contribution >= 0.6 is 15.9 Å². The van der Waals surface area contributed by atoms with E-state index in [2.05, 4.69) is 15.9 Å². The summed E-state index contributed by atoms with van der Waals surface area (Å²) in [4.78, 5) is 13.8. The highest BCUT2D eigenvalue weighted by Gasteiger charge is 2.22. The molecule has 0 fully saturated rings. The van der Waals surface area contributed by atoms with Crippen LogP contribution in [-0.2, 0) is 0 Å². The van der Waals surface area contributed by atoms with E-state index in [1.165, 1.54) is 18.0 Å². The molecular formula is C17H12BrF2NO2. The fraction of sp³-hybridized carbons (Fsp3) is 0.118. The van der Waals surface area contributed by atoms with Gasteiger partial charge in [-0.25, -0.2) is 8.78 Å². The molecule has 2 aromatic carbocycles. The lowest BCUT2D eigenvalue weighted by Gasteiger charge is -2.16. The maximum absolute atomic E-state index is 13.4. The van der Waals surface area contributed by atoms with Crippen molar-refractivity contribution >= 4 is 38.5 Å². The van der Waals surface area contributed by atoms with E-state index < -0.39 is 17.5 Å². The van der Waals surface area contributed by atoms with Crippen LogP contribution in [0.1, 0.15) is 16.1 Å². The topological polar surface area (TPSA) is 33.5 Å². The molecule has 23 heavy (non-hydrogen) atoms. The first-order valence-electron chi connectivity index (χ1n) is 6.80. The number of hydrogen-bond acceptors (Lipinski definition) is 2. The van der Waals surface area contributed by atoms with Gasteiger partial charge in [-0.2, -0.15) is 0 Å². The summed E-state index contributed by atoms with van der Waals surface area (Å²) in [5, 5.41) is 0.821. The highest BCUT2D eigenvalue weighted by Crippen LogP contribution is 2.29. The molecule has 1 amide bonds. The molecule has 3 rings (SSSR count). The molecule has 0 saturated heterocycles. The van der Waals surface area contributed by atoms with Crippen molar-refractivity contribution in [3.8, 4) is 0 Å². The summed E-state index contributed by atoms with van der Waals surface area (Å²) in [6.07, 6.45) is 0. The van der Waals surface area contributed by atoms with Crippen LogP contribution in [-0.4, -0.2) is 13.0 Å². The first kappa shape index (κ1) is 15.7. The van der Waals surface area contributed by atoms with Crippen LogP contribution < -0.4 is 4.90 Å². The van der Waals surface area contributed by atoms with Gasteiger partial charge in [0.2, 0.25) is 0 Å². The van der Waals surface area contributed by atoms with Crippen LogP contribution in [0.2, 0.25) is 0 Å². The molecular weight excluding hydrogens is 368 g/mol. The van der Waals surface area contributed by atoms with Crippen LogP contribution in [0.4, 0.5) is 14.5 Å². The Hall–Kier alpha value is -2.21. The molecule has 3 aromatic rings. The van der Waals surface area contributed by atoms with Gasteiger partial charge in [0.05, 0.1) is 0 Å². The maximum Gasteiger partial charge on any atom is 0.294 e. The molecule has 1 aromatic heterocycles. The Bertz CT molecular complexity index is 920. The first-order valence-corrected chi connectivity index (χ1v) is 7.59. The number of fused-ring (bicyclic) bond motifs is 1. The van der Waals surface area contributed by atoms with Gasteiger partial charge >= 0.3 is 0 Å². The van der Waals surface area contributed by atoms with Crippen molar-refractivity contribution in [2.75, 3.05) is 11.9 Å². The minimum atomic E-state index is -1.01. The van der Waals surface area contributed by atoms with Crippen molar-refractivity contribution in [2.24, 2.45) is 0 Å². The molecule has 0 N–H and O–H groups in total. The van der Waals surface area contributed by atoms with Crippen LogP contribution in [0.25, 0.3) is 11.0 Å². The van der Waals surface area contributed by atoms with E-state index >= 15 is 0 Å². The van der Waals surface area contributed by atoms with Gasteiger partial charge in [0.1, 0.15) is 5.58 Å². The number of aryl methyl sites for hydroxylation is 1.